The lowest BCUT2D eigenvalue weighted by Crippen LogP contribution is -2.27. The molecule has 2 N–H and O–H groups in total. The van der Waals surface area contributed by atoms with Gasteiger partial charge in [-0.15, -0.1) is 0 Å². The fraction of sp³-hybridized carbons (Fsp3) is 0.316. The summed E-state index contributed by atoms with van der Waals surface area (Å²) >= 11 is 0. The number of fused-ring (bicyclic) bond motifs is 1. The average molecular weight is 339 g/mol. The molecule has 0 aliphatic heterocycles. The number of amides is 1. The lowest BCUT2D eigenvalue weighted by atomic mass is 10.1. The lowest BCUT2D eigenvalue weighted by molar-refractivity contribution is -0.384. The maximum atomic E-state index is 12.1. The molecule has 6 nitrogen and oxygen atoms in total. The number of anilines is 1. The summed E-state index contributed by atoms with van der Waals surface area (Å²) in [6.45, 7) is 0.645. The predicted molar refractivity (Wildman–Crippen MR) is 96.5 cm³/mol. The number of nitrogens with one attached hydrogen (secondary N) is 2. The summed E-state index contributed by atoms with van der Waals surface area (Å²) in [5, 5.41) is 16.9. The maximum Gasteiger partial charge on any atom is 0.269 e. The fourth-order valence-electron chi connectivity index (χ4n) is 3.16. The molecule has 1 unspecified atom stereocenters. The summed E-state index contributed by atoms with van der Waals surface area (Å²) in [4.78, 5) is 22.3. The van der Waals surface area contributed by atoms with Crippen molar-refractivity contribution in [3.8, 4) is 0 Å². The predicted octanol–water partition coefficient (Wildman–Crippen LogP) is 3.59. The van der Waals surface area contributed by atoms with Crippen molar-refractivity contribution in [2.45, 2.75) is 31.7 Å². The van der Waals surface area contributed by atoms with Gasteiger partial charge in [0.15, 0.2) is 0 Å². The first-order valence-corrected chi connectivity index (χ1v) is 8.49. The Labute approximate surface area is 146 Å². The Kier molecular flexibility index (Phi) is 5.28. The molecule has 2 aromatic carbocycles. The van der Waals surface area contributed by atoms with Crippen LogP contribution in [0.25, 0.3) is 0 Å². The molecule has 0 fully saturated rings. The van der Waals surface area contributed by atoms with Crippen LogP contribution < -0.4 is 10.6 Å². The second-order valence-electron chi connectivity index (χ2n) is 6.19. The first-order valence-electron chi connectivity index (χ1n) is 8.49. The van der Waals surface area contributed by atoms with Crippen LogP contribution in [0.4, 0.5) is 11.4 Å². The van der Waals surface area contributed by atoms with Crippen molar-refractivity contribution in [1.82, 2.24) is 5.32 Å². The molecule has 25 heavy (non-hydrogen) atoms. The minimum Gasteiger partial charge on any atom is -0.385 e. The summed E-state index contributed by atoms with van der Waals surface area (Å²) in [5.74, 6) is 0.0622. The van der Waals surface area contributed by atoms with Crippen LogP contribution in [0.2, 0.25) is 0 Å². The molecule has 0 heterocycles. The number of hydrogen-bond acceptors (Lipinski definition) is 4. The van der Waals surface area contributed by atoms with E-state index in [1.165, 1.54) is 23.3 Å². The molecule has 0 aromatic heterocycles. The average Bonchev–Trinajstić information content (AvgIpc) is 3.02. The summed E-state index contributed by atoms with van der Waals surface area (Å²) in [6, 6.07) is 14.7. The Balaban J connectivity index is 1.39. The molecule has 0 saturated carbocycles. The van der Waals surface area contributed by atoms with Gasteiger partial charge in [-0.1, -0.05) is 24.3 Å². The summed E-state index contributed by atoms with van der Waals surface area (Å²) in [5.41, 5.74) is 3.45. The van der Waals surface area contributed by atoms with Gasteiger partial charge >= 0.3 is 0 Å². The Hall–Kier alpha value is -2.89. The fourth-order valence-corrected chi connectivity index (χ4v) is 3.16. The van der Waals surface area contributed by atoms with E-state index in [0.29, 0.717) is 19.4 Å². The number of carbonyl (C=O) groups excluding carboxylic acids is 1. The van der Waals surface area contributed by atoms with Gasteiger partial charge in [-0.05, 0) is 42.5 Å². The van der Waals surface area contributed by atoms with E-state index in [9.17, 15) is 14.9 Å². The standard InChI is InChI=1S/C19H21N3O3/c23-19(21-18-12-7-14-4-1-2-5-17(14)18)6-3-13-20-15-8-10-16(11-9-15)22(24)25/h1-2,4-5,8-11,18,20H,3,6-7,12-13H2,(H,21,23). The number of benzene rings is 2. The van der Waals surface area contributed by atoms with Crippen molar-refractivity contribution in [2.24, 2.45) is 0 Å². The molecule has 2 aromatic rings. The van der Waals surface area contributed by atoms with Gasteiger partial charge in [-0.3, -0.25) is 14.9 Å². The van der Waals surface area contributed by atoms with Crippen molar-refractivity contribution < 1.29 is 9.72 Å². The largest absolute Gasteiger partial charge is 0.385 e. The summed E-state index contributed by atoms with van der Waals surface area (Å²) < 4.78 is 0. The second-order valence-corrected chi connectivity index (χ2v) is 6.19. The summed E-state index contributed by atoms with van der Waals surface area (Å²) in [7, 11) is 0. The highest BCUT2D eigenvalue weighted by Crippen LogP contribution is 2.30. The monoisotopic (exact) mass is 339 g/mol. The molecule has 1 aliphatic rings. The lowest BCUT2D eigenvalue weighted by Gasteiger charge is -2.14. The highest BCUT2D eigenvalue weighted by molar-refractivity contribution is 5.76. The van der Waals surface area contributed by atoms with E-state index in [1.807, 2.05) is 12.1 Å². The number of nitro groups is 1. The molecule has 0 saturated heterocycles. The van der Waals surface area contributed by atoms with Gasteiger partial charge in [0, 0.05) is 30.8 Å². The summed E-state index contributed by atoms with van der Waals surface area (Å²) in [6.07, 6.45) is 3.14. The minimum atomic E-state index is -0.421. The number of rotatable bonds is 7. The van der Waals surface area contributed by atoms with Gasteiger partial charge in [0.1, 0.15) is 0 Å². The van der Waals surface area contributed by atoms with E-state index in [1.54, 1.807) is 12.1 Å². The zero-order chi connectivity index (χ0) is 17.6. The van der Waals surface area contributed by atoms with Crippen molar-refractivity contribution in [2.75, 3.05) is 11.9 Å². The van der Waals surface area contributed by atoms with Crippen LogP contribution in [0.3, 0.4) is 0 Å². The SMILES string of the molecule is O=C(CCCNc1ccc([N+](=O)[O-])cc1)NC1CCc2ccccc21. The van der Waals surface area contributed by atoms with Crippen LogP contribution in [-0.4, -0.2) is 17.4 Å². The number of nitrogens with zero attached hydrogens (tertiary/aromatic N) is 1. The van der Waals surface area contributed by atoms with E-state index in [2.05, 4.69) is 22.8 Å². The van der Waals surface area contributed by atoms with Crippen LogP contribution in [0.1, 0.15) is 36.4 Å². The quantitative estimate of drug-likeness (QED) is 0.459. The first-order chi connectivity index (χ1) is 12.1. The van der Waals surface area contributed by atoms with Crippen molar-refractivity contribution in [3.63, 3.8) is 0 Å². The van der Waals surface area contributed by atoms with E-state index in [4.69, 9.17) is 0 Å². The normalized spacial score (nSPS) is 15.4. The van der Waals surface area contributed by atoms with E-state index in [0.717, 1.165) is 18.5 Å². The van der Waals surface area contributed by atoms with Crippen molar-refractivity contribution >= 4 is 17.3 Å². The molecule has 130 valence electrons. The molecular formula is C19H21N3O3. The molecule has 1 aliphatic carbocycles. The van der Waals surface area contributed by atoms with Crippen molar-refractivity contribution in [3.05, 3.63) is 69.8 Å². The van der Waals surface area contributed by atoms with E-state index < -0.39 is 4.92 Å². The Morgan fingerprint density at radius 1 is 1.16 bits per heavy atom. The second kappa shape index (κ2) is 7.79. The molecule has 0 radical (unpaired) electrons. The third kappa shape index (κ3) is 4.35. The maximum absolute atomic E-state index is 12.1. The Morgan fingerprint density at radius 2 is 1.92 bits per heavy atom. The third-order valence-corrected chi connectivity index (χ3v) is 4.46. The van der Waals surface area contributed by atoms with Crippen LogP contribution >= 0.6 is 0 Å². The number of non-ortho nitro benzene ring substituents is 1. The van der Waals surface area contributed by atoms with Gasteiger partial charge in [-0.2, -0.15) is 0 Å². The Bertz CT molecular complexity index is 759. The Morgan fingerprint density at radius 3 is 2.68 bits per heavy atom. The zero-order valence-electron chi connectivity index (χ0n) is 13.9. The highest BCUT2D eigenvalue weighted by atomic mass is 16.6. The molecule has 0 spiro atoms. The smallest absolute Gasteiger partial charge is 0.269 e. The number of hydrogen-bond donors (Lipinski definition) is 2. The molecule has 3 rings (SSSR count). The highest BCUT2D eigenvalue weighted by Gasteiger charge is 2.22. The molecule has 6 heteroatoms. The number of carbonyl (C=O) groups is 1. The molecule has 1 atom stereocenters. The van der Waals surface area contributed by atoms with Crippen LogP contribution in [0.15, 0.2) is 48.5 Å². The first kappa shape index (κ1) is 17.0. The molecule has 0 bridgehead atoms. The minimum absolute atomic E-state index is 0.0622. The topological polar surface area (TPSA) is 84.3 Å². The molecule has 1 amide bonds. The van der Waals surface area contributed by atoms with Gasteiger partial charge in [0.05, 0.1) is 11.0 Å². The third-order valence-electron chi connectivity index (χ3n) is 4.46. The van der Waals surface area contributed by atoms with E-state index in [-0.39, 0.29) is 17.6 Å². The zero-order valence-corrected chi connectivity index (χ0v) is 13.9. The van der Waals surface area contributed by atoms with Crippen LogP contribution in [0, 0.1) is 10.1 Å². The number of nitro benzene ring substituents is 1. The van der Waals surface area contributed by atoms with Crippen molar-refractivity contribution in [1.29, 1.82) is 0 Å². The van der Waals surface area contributed by atoms with Crippen LogP contribution in [0.5, 0.6) is 0 Å². The van der Waals surface area contributed by atoms with E-state index >= 15 is 0 Å². The molecular weight excluding hydrogens is 318 g/mol. The van der Waals surface area contributed by atoms with Gasteiger partial charge in [0.25, 0.3) is 5.69 Å². The van der Waals surface area contributed by atoms with Gasteiger partial charge < -0.3 is 10.6 Å². The van der Waals surface area contributed by atoms with Gasteiger partial charge in [0.2, 0.25) is 5.91 Å². The number of aryl methyl sites for hydroxylation is 1. The van der Waals surface area contributed by atoms with Crippen LogP contribution in [-0.2, 0) is 11.2 Å². The van der Waals surface area contributed by atoms with Gasteiger partial charge in [-0.25, -0.2) is 0 Å².